The molecular weight excluding hydrogens is 268 g/mol. The predicted molar refractivity (Wildman–Crippen MR) is 68.8 cm³/mol. The van der Waals surface area contributed by atoms with Crippen LogP contribution in [-0.4, -0.2) is 39.7 Å². The molecule has 1 aromatic carbocycles. The van der Waals surface area contributed by atoms with Crippen molar-refractivity contribution in [2.24, 2.45) is 0 Å². The van der Waals surface area contributed by atoms with Gasteiger partial charge in [0.2, 0.25) is 5.91 Å². The average Bonchev–Trinajstić information content (AvgIpc) is 2.42. The molecule has 0 aromatic heterocycles. The van der Waals surface area contributed by atoms with Gasteiger partial charge >= 0.3 is 5.97 Å². The van der Waals surface area contributed by atoms with Crippen molar-refractivity contribution in [3.05, 3.63) is 46.0 Å². The van der Waals surface area contributed by atoms with Crippen LogP contribution in [0.5, 0.6) is 0 Å². The minimum atomic E-state index is -1.37. The standard InChI is InChI=1S/C12H12N2O6/c15-7-10(12(17)18)13-11(16)6-3-8-1-4-9(5-2-8)14(19)20/h1-6,10,15H,7H2,(H,13,16)(H,17,18)/t10-/m0/s1. The summed E-state index contributed by atoms with van der Waals surface area (Å²) in [4.78, 5) is 31.9. The first-order valence-corrected chi connectivity index (χ1v) is 5.50. The Hall–Kier alpha value is -2.74. The van der Waals surface area contributed by atoms with Crippen molar-refractivity contribution in [3.63, 3.8) is 0 Å². The number of non-ortho nitro benzene ring substituents is 1. The molecule has 0 fully saturated rings. The van der Waals surface area contributed by atoms with Gasteiger partial charge in [-0.25, -0.2) is 4.79 Å². The van der Waals surface area contributed by atoms with Crippen LogP contribution < -0.4 is 5.32 Å². The maximum absolute atomic E-state index is 11.4. The second-order valence-electron chi connectivity index (χ2n) is 3.76. The topological polar surface area (TPSA) is 130 Å². The molecule has 0 aliphatic heterocycles. The average molecular weight is 280 g/mol. The third kappa shape index (κ3) is 4.50. The summed E-state index contributed by atoms with van der Waals surface area (Å²) in [6.45, 7) is -0.716. The van der Waals surface area contributed by atoms with Gasteiger partial charge in [-0.15, -0.1) is 0 Å². The lowest BCUT2D eigenvalue weighted by Crippen LogP contribution is -2.42. The lowest BCUT2D eigenvalue weighted by Gasteiger charge is -2.09. The van der Waals surface area contributed by atoms with Gasteiger partial charge in [0.1, 0.15) is 0 Å². The second-order valence-corrected chi connectivity index (χ2v) is 3.76. The fourth-order valence-corrected chi connectivity index (χ4v) is 1.28. The molecule has 1 rings (SSSR count). The van der Waals surface area contributed by atoms with Gasteiger partial charge in [0.25, 0.3) is 5.69 Å². The van der Waals surface area contributed by atoms with Gasteiger partial charge in [0.15, 0.2) is 6.04 Å². The zero-order valence-electron chi connectivity index (χ0n) is 10.2. The minimum Gasteiger partial charge on any atom is -0.480 e. The summed E-state index contributed by atoms with van der Waals surface area (Å²) in [5, 5.41) is 29.9. The Morgan fingerprint density at radius 1 is 1.35 bits per heavy atom. The number of aliphatic hydroxyl groups excluding tert-OH is 1. The van der Waals surface area contributed by atoms with E-state index in [1.165, 1.54) is 30.3 Å². The van der Waals surface area contributed by atoms with Gasteiger partial charge in [-0.2, -0.15) is 0 Å². The maximum atomic E-state index is 11.4. The van der Waals surface area contributed by atoms with Gasteiger partial charge in [-0.1, -0.05) is 0 Å². The van der Waals surface area contributed by atoms with E-state index in [0.717, 1.165) is 6.08 Å². The first-order valence-electron chi connectivity index (χ1n) is 5.50. The Bertz CT molecular complexity index is 537. The summed E-state index contributed by atoms with van der Waals surface area (Å²) in [7, 11) is 0. The van der Waals surface area contributed by atoms with Gasteiger partial charge < -0.3 is 15.5 Å². The van der Waals surface area contributed by atoms with Crippen LogP contribution >= 0.6 is 0 Å². The van der Waals surface area contributed by atoms with Crippen molar-refractivity contribution < 1.29 is 24.7 Å². The molecule has 20 heavy (non-hydrogen) atoms. The first kappa shape index (κ1) is 15.3. The van der Waals surface area contributed by atoms with Gasteiger partial charge in [-0.3, -0.25) is 14.9 Å². The Balaban J connectivity index is 2.65. The normalized spacial score (nSPS) is 12.1. The molecule has 0 saturated carbocycles. The quantitative estimate of drug-likeness (QED) is 0.387. The highest BCUT2D eigenvalue weighted by Gasteiger charge is 2.17. The second kappa shape index (κ2) is 7.00. The van der Waals surface area contributed by atoms with E-state index in [1.54, 1.807) is 0 Å². The minimum absolute atomic E-state index is 0.0715. The number of nitrogens with one attached hydrogen (secondary N) is 1. The summed E-state index contributed by atoms with van der Waals surface area (Å²) in [5.41, 5.74) is 0.472. The molecule has 0 unspecified atom stereocenters. The molecule has 0 aliphatic carbocycles. The summed E-state index contributed by atoms with van der Waals surface area (Å²) in [6.07, 6.45) is 2.45. The van der Waals surface area contributed by atoms with E-state index < -0.39 is 29.4 Å². The zero-order valence-corrected chi connectivity index (χ0v) is 10.2. The van der Waals surface area contributed by atoms with Crippen LogP contribution in [0.4, 0.5) is 5.69 Å². The molecule has 1 atom stereocenters. The van der Waals surface area contributed by atoms with Crippen molar-refractivity contribution in [2.75, 3.05) is 6.61 Å². The molecule has 0 spiro atoms. The van der Waals surface area contributed by atoms with Gasteiger partial charge in [0.05, 0.1) is 11.5 Å². The fraction of sp³-hybridized carbons (Fsp3) is 0.167. The lowest BCUT2D eigenvalue weighted by molar-refractivity contribution is -0.384. The third-order valence-electron chi connectivity index (χ3n) is 2.33. The molecule has 0 aliphatic rings. The van der Waals surface area contributed by atoms with Crippen LogP contribution in [0.3, 0.4) is 0 Å². The highest BCUT2D eigenvalue weighted by atomic mass is 16.6. The number of nitro benzene ring substituents is 1. The number of carbonyl (C=O) groups excluding carboxylic acids is 1. The number of carboxylic acid groups (broad SMARTS) is 1. The van der Waals surface area contributed by atoms with E-state index in [2.05, 4.69) is 5.32 Å². The molecule has 0 bridgehead atoms. The summed E-state index contributed by atoms with van der Waals surface area (Å²) in [5.74, 6) is -2.03. The Morgan fingerprint density at radius 3 is 2.40 bits per heavy atom. The van der Waals surface area contributed by atoms with Crippen LogP contribution in [0, 0.1) is 10.1 Å². The van der Waals surface area contributed by atoms with E-state index >= 15 is 0 Å². The van der Waals surface area contributed by atoms with E-state index in [9.17, 15) is 19.7 Å². The van der Waals surface area contributed by atoms with Crippen LogP contribution in [0.15, 0.2) is 30.3 Å². The number of carbonyl (C=O) groups is 2. The van der Waals surface area contributed by atoms with E-state index in [0.29, 0.717) is 5.56 Å². The molecule has 0 saturated heterocycles. The van der Waals surface area contributed by atoms with Gasteiger partial charge in [0, 0.05) is 18.2 Å². The number of hydrogen-bond donors (Lipinski definition) is 3. The number of hydrogen-bond acceptors (Lipinski definition) is 5. The fourth-order valence-electron chi connectivity index (χ4n) is 1.28. The molecule has 1 aromatic rings. The smallest absolute Gasteiger partial charge is 0.328 e. The van der Waals surface area contributed by atoms with Crippen LogP contribution in [0.2, 0.25) is 0 Å². The predicted octanol–water partition coefficient (Wildman–Crippen LogP) is 0.170. The Labute approximate surface area is 113 Å². The van der Waals surface area contributed by atoms with Crippen LogP contribution in [0.25, 0.3) is 6.08 Å². The molecule has 1 amide bonds. The number of benzene rings is 1. The number of nitro groups is 1. The number of rotatable bonds is 6. The first-order chi connectivity index (χ1) is 9.43. The number of aliphatic hydroxyl groups is 1. The Kier molecular flexibility index (Phi) is 5.36. The van der Waals surface area contributed by atoms with Crippen LogP contribution in [0.1, 0.15) is 5.56 Å². The summed E-state index contributed by atoms with van der Waals surface area (Å²) >= 11 is 0. The van der Waals surface area contributed by atoms with E-state index in [4.69, 9.17) is 10.2 Å². The highest BCUT2D eigenvalue weighted by Crippen LogP contribution is 2.12. The number of amides is 1. The molecule has 8 nitrogen and oxygen atoms in total. The molecule has 0 radical (unpaired) electrons. The molecule has 8 heteroatoms. The Morgan fingerprint density at radius 2 is 1.95 bits per heavy atom. The maximum Gasteiger partial charge on any atom is 0.328 e. The van der Waals surface area contributed by atoms with Crippen molar-refractivity contribution in [1.29, 1.82) is 0 Å². The summed E-state index contributed by atoms with van der Waals surface area (Å²) < 4.78 is 0. The van der Waals surface area contributed by atoms with E-state index in [-0.39, 0.29) is 5.69 Å². The zero-order chi connectivity index (χ0) is 15.1. The number of aliphatic carboxylic acids is 1. The van der Waals surface area contributed by atoms with Gasteiger partial charge in [-0.05, 0) is 23.8 Å². The van der Waals surface area contributed by atoms with Crippen molar-refractivity contribution >= 4 is 23.6 Å². The van der Waals surface area contributed by atoms with E-state index in [1.807, 2.05) is 0 Å². The lowest BCUT2D eigenvalue weighted by atomic mass is 10.2. The van der Waals surface area contributed by atoms with Crippen LogP contribution in [-0.2, 0) is 9.59 Å². The molecule has 106 valence electrons. The number of carboxylic acids is 1. The third-order valence-corrected chi connectivity index (χ3v) is 2.33. The van der Waals surface area contributed by atoms with Crippen molar-refractivity contribution in [1.82, 2.24) is 5.32 Å². The van der Waals surface area contributed by atoms with Crippen molar-refractivity contribution in [2.45, 2.75) is 6.04 Å². The number of nitrogens with zero attached hydrogens (tertiary/aromatic N) is 1. The highest BCUT2D eigenvalue weighted by molar-refractivity contribution is 5.94. The summed E-state index contributed by atoms with van der Waals surface area (Å²) in [6, 6.07) is 4.09. The largest absolute Gasteiger partial charge is 0.480 e. The monoisotopic (exact) mass is 280 g/mol. The SMILES string of the molecule is O=C(C=Cc1ccc([N+](=O)[O-])cc1)N[C@@H](CO)C(=O)O. The molecule has 3 N–H and O–H groups in total. The molecule has 0 heterocycles. The molecular formula is C12H12N2O6. The van der Waals surface area contributed by atoms with Crippen molar-refractivity contribution in [3.8, 4) is 0 Å².